The van der Waals surface area contributed by atoms with E-state index >= 15 is 0 Å². The quantitative estimate of drug-likeness (QED) is 0.0850. The summed E-state index contributed by atoms with van der Waals surface area (Å²) < 4.78 is 56.4. The van der Waals surface area contributed by atoms with E-state index in [9.17, 15) is 32.4 Å². The highest BCUT2D eigenvalue weighted by atomic mass is 32.2. The Hall–Kier alpha value is -4.10. The minimum atomic E-state index is -3.80. The highest BCUT2D eigenvalue weighted by Gasteiger charge is 2.45. The molecule has 2 aromatic carbocycles. The van der Waals surface area contributed by atoms with Gasteiger partial charge in [-0.05, 0) is 50.5 Å². The molecule has 0 bridgehead atoms. The smallest absolute Gasteiger partial charge is 0.297 e. The molecular formula is C36H47N3O13S. The van der Waals surface area contributed by atoms with Gasteiger partial charge in [0.15, 0.2) is 0 Å². The number of rotatable bonds is 25. The number of imide groups is 2. The number of amides is 5. The second-order valence-corrected chi connectivity index (χ2v) is 13.8. The van der Waals surface area contributed by atoms with Gasteiger partial charge in [-0.1, -0.05) is 30.2 Å². The maximum atomic E-state index is 13.2. The summed E-state index contributed by atoms with van der Waals surface area (Å²) in [5.41, 5.74) is 1.31. The van der Waals surface area contributed by atoms with Gasteiger partial charge >= 0.3 is 0 Å². The lowest BCUT2D eigenvalue weighted by atomic mass is 10.0. The average molecular weight is 762 g/mol. The molecule has 290 valence electrons. The Kier molecular flexibility index (Phi) is 16.9. The Morgan fingerprint density at radius 3 is 1.94 bits per heavy atom. The maximum Gasteiger partial charge on any atom is 0.297 e. The van der Waals surface area contributed by atoms with Gasteiger partial charge in [0.2, 0.25) is 17.7 Å². The highest BCUT2D eigenvalue weighted by molar-refractivity contribution is 7.86. The van der Waals surface area contributed by atoms with E-state index in [1.54, 1.807) is 24.3 Å². The number of benzene rings is 2. The third kappa shape index (κ3) is 13.1. The van der Waals surface area contributed by atoms with Crippen LogP contribution in [0.1, 0.15) is 64.8 Å². The third-order valence-corrected chi connectivity index (χ3v) is 9.53. The van der Waals surface area contributed by atoms with E-state index in [0.29, 0.717) is 65.9 Å². The number of piperidine rings is 1. The van der Waals surface area contributed by atoms with Crippen LogP contribution in [0.4, 0.5) is 5.69 Å². The second kappa shape index (κ2) is 21.6. The van der Waals surface area contributed by atoms with Gasteiger partial charge in [0.1, 0.15) is 6.04 Å². The van der Waals surface area contributed by atoms with Gasteiger partial charge in [-0.25, -0.2) is 0 Å². The Balaban J connectivity index is 0.927. The molecule has 2 aliphatic rings. The van der Waals surface area contributed by atoms with E-state index in [4.69, 9.17) is 27.9 Å². The van der Waals surface area contributed by atoms with Crippen molar-refractivity contribution in [2.75, 3.05) is 78.0 Å². The Bertz CT molecular complexity index is 1670. The molecule has 1 fully saturated rings. The van der Waals surface area contributed by atoms with Gasteiger partial charge < -0.3 is 29.0 Å². The molecule has 2 N–H and O–H groups in total. The average Bonchev–Trinajstić information content (AvgIpc) is 3.38. The van der Waals surface area contributed by atoms with Crippen LogP contribution in [0, 0.1) is 6.92 Å². The topological polar surface area (TPSA) is 202 Å². The van der Waals surface area contributed by atoms with Crippen molar-refractivity contribution in [2.45, 2.75) is 56.4 Å². The summed E-state index contributed by atoms with van der Waals surface area (Å²) in [5, 5.41) is 4.88. The van der Waals surface area contributed by atoms with Gasteiger partial charge in [-0.3, -0.25) is 38.4 Å². The van der Waals surface area contributed by atoms with Crippen molar-refractivity contribution >= 4 is 45.3 Å². The second-order valence-electron chi connectivity index (χ2n) is 12.2. The molecule has 1 atom stereocenters. The van der Waals surface area contributed by atoms with E-state index in [1.165, 1.54) is 18.2 Å². The molecule has 17 heteroatoms. The van der Waals surface area contributed by atoms with Crippen LogP contribution >= 0.6 is 0 Å². The fourth-order valence-electron chi connectivity index (χ4n) is 5.46. The molecule has 0 aliphatic carbocycles. The van der Waals surface area contributed by atoms with Crippen LogP contribution in [-0.2, 0) is 52.4 Å². The van der Waals surface area contributed by atoms with Crippen LogP contribution in [0.15, 0.2) is 47.4 Å². The van der Waals surface area contributed by atoms with E-state index < -0.39 is 39.8 Å². The minimum Gasteiger partial charge on any atom is -0.379 e. The van der Waals surface area contributed by atoms with E-state index in [-0.39, 0.29) is 60.1 Å². The number of anilines is 1. The molecule has 4 rings (SSSR count). The van der Waals surface area contributed by atoms with Crippen molar-refractivity contribution in [2.24, 2.45) is 0 Å². The molecule has 16 nitrogen and oxygen atoms in total. The van der Waals surface area contributed by atoms with Crippen LogP contribution in [0.3, 0.4) is 0 Å². The lowest BCUT2D eigenvalue weighted by molar-refractivity contribution is -0.136. The predicted octanol–water partition coefficient (Wildman–Crippen LogP) is 2.38. The number of hydrogen-bond donors (Lipinski definition) is 2. The summed E-state index contributed by atoms with van der Waals surface area (Å²) >= 11 is 0. The number of ether oxygens (including phenoxy) is 5. The van der Waals surface area contributed by atoms with Gasteiger partial charge in [0, 0.05) is 19.4 Å². The van der Waals surface area contributed by atoms with Gasteiger partial charge in [-0.2, -0.15) is 8.42 Å². The first-order chi connectivity index (χ1) is 25.6. The number of fused-ring (bicyclic) bond motifs is 1. The zero-order valence-corrected chi connectivity index (χ0v) is 30.6. The van der Waals surface area contributed by atoms with Gasteiger partial charge in [0.25, 0.3) is 21.9 Å². The van der Waals surface area contributed by atoms with Gasteiger partial charge in [0.05, 0.1) is 87.8 Å². The highest BCUT2D eigenvalue weighted by Crippen LogP contribution is 2.32. The molecule has 2 aliphatic heterocycles. The van der Waals surface area contributed by atoms with Crippen LogP contribution in [0.2, 0.25) is 0 Å². The number of nitrogens with zero attached hydrogens (tertiary/aromatic N) is 1. The monoisotopic (exact) mass is 761 g/mol. The molecule has 2 aromatic rings. The standard InChI is InChI=1S/C36H47N3O13S/c1-26-9-11-27(12-10-26)53(45,46)52-25-24-51-23-22-50-21-20-49-19-18-48-17-16-47-15-4-2-3-8-31(40)37-29-7-5-6-28-33(29)36(44)39(35(28)43)30-13-14-32(41)38-34(30)42/h5-7,9-12,30H,2-4,8,13-25H2,1H3,(H,37,40)(H,38,41,42). The molecule has 2 heterocycles. The van der Waals surface area contributed by atoms with E-state index in [2.05, 4.69) is 10.6 Å². The van der Waals surface area contributed by atoms with Crippen LogP contribution < -0.4 is 10.6 Å². The molecule has 0 aromatic heterocycles. The van der Waals surface area contributed by atoms with Crippen molar-refractivity contribution in [1.29, 1.82) is 0 Å². The van der Waals surface area contributed by atoms with Crippen LogP contribution in [-0.4, -0.2) is 122 Å². The van der Waals surface area contributed by atoms with Crippen molar-refractivity contribution < 1.29 is 60.3 Å². The summed E-state index contributed by atoms with van der Waals surface area (Å²) in [7, 11) is -3.80. The van der Waals surface area contributed by atoms with Gasteiger partial charge in [-0.15, -0.1) is 0 Å². The number of aryl methyl sites for hydroxylation is 1. The molecule has 5 amide bonds. The zero-order chi connectivity index (χ0) is 38.1. The van der Waals surface area contributed by atoms with Crippen molar-refractivity contribution in [3.63, 3.8) is 0 Å². The zero-order valence-electron chi connectivity index (χ0n) is 29.8. The SMILES string of the molecule is Cc1ccc(S(=O)(=O)OCCOCCOCCOCCOCCOCCCCCC(=O)Nc2cccc3c2C(=O)N(C2CCC(=O)NC2=O)C3=O)cc1. The molecule has 1 saturated heterocycles. The fraction of sp³-hybridized carbons (Fsp3) is 0.528. The Labute approximate surface area is 308 Å². The summed E-state index contributed by atoms with van der Waals surface area (Å²) in [6.45, 7) is 5.49. The number of carbonyl (C=O) groups is 5. The number of nitrogens with one attached hydrogen (secondary N) is 2. The number of carbonyl (C=O) groups excluding carboxylic acids is 5. The molecule has 0 radical (unpaired) electrons. The van der Waals surface area contributed by atoms with E-state index in [1.807, 2.05) is 6.92 Å². The first-order valence-corrected chi connectivity index (χ1v) is 19.0. The molecule has 0 spiro atoms. The predicted molar refractivity (Wildman–Crippen MR) is 189 cm³/mol. The number of unbranched alkanes of at least 4 members (excludes halogenated alkanes) is 2. The lowest BCUT2D eigenvalue weighted by Gasteiger charge is -2.27. The minimum absolute atomic E-state index is 0.0223. The molecule has 0 saturated carbocycles. The summed E-state index contributed by atoms with van der Waals surface area (Å²) in [6.07, 6.45) is 2.38. The van der Waals surface area contributed by atoms with Crippen molar-refractivity contribution in [1.82, 2.24) is 10.2 Å². The molecular weight excluding hydrogens is 714 g/mol. The molecule has 1 unspecified atom stereocenters. The Morgan fingerprint density at radius 2 is 1.34 bits per heavy atom. The number of hydrogen-bond acceptors (Lipinski definition) is 13. The normalized spacial score (nSPS) is 15.9. The largest absolute Gasteiger partial charge is 0.379 e. The fourth-order valence-corrected chi connectivity index (χ4v) is 6.35. The Morgan fingerprint density at radius 1 is 0.755 bits per heavy atom. The maximum absolute atomic E-state index is 13.2. The first kappa shape index (κ1) is 41.7. The summed E-state index contributed by atoms with van der Waals surface area (Å²) in [5.74, 6) is -2.76. The van der Waals surface area contributed by atoms with Crippen LogP contribution in [0.5, 0.6) is 0 Å². The first-order valence-electron chi connectivity index (χ1n) is 17.6. The van der Waals surface area contributed by atoms with Crippen LogP contribution in [0.25, 0.3) is 0 Å². The lowest BCUT2D eigenvalue weighted by Crippen LogP contribution is -2.54. The summed E-state index contributed by atoms with van der Waals surface area (Å²) in [4.78, 5) is 63.5. The molecule has 53 heavy (non-hydrogen) atoms. The third-order valence-electron chi connectivity index (χ3n) is 8.20. The van der Waals surface area contributed by atoms with E-state index in [0.717, 1.165) is 23.3 Å². The summed E-state index contributed by atoms with van der Waals surface area (Å²) in [6, 6.07) is 9.92. The van der Waals surface area contributed by atoms with Crippen molar-refractivity contribution in [3.8, 4) is 0 Å². The van der Waals surface area contributed by atoms with Crippen molar-refractivity contribution in [3.05, 3.63) is 59.2 Å².